The van der Waals surface area contributed by atoms with Crippen molar-refractivity contribution < 1.29 is 0 Å². The van der Waals surface area contributed by atoms with E-state index in [9.17, 15) is 4.79 Å². The number of unbranched alkanes of at least 4 members (excludes halogenated alkanes) is 2. The van der Waals surface area contributed by atoms with Crippen LogP contribution >= 0.6 is 0 Å². The predicted molar refractivity (Wildman–Crippen MR) is 112 cm³/mol. The molecule has 136 valence electrons. The molecule has 0 aliphatic rings. The summed E-state index contributed by atoms with van der Waals surface area (Å²) in [6, 6.07) is 16.4. The smallest absolute Gasteiger partial charge is 0.263 e. The molecule has 0 atom stereocenters. The van der Waals surface area contributed by atoms with Gasteiger partial charge < -0.3 is 0 Å². The summed E-state index contributed by atoms with van der Waals surface area (Å²) in [5.74, 6) is 0. The molecule has 0 amide bonds. The molecule has 0 unspecified atom stereocenters. The highest BCUT2D eigenvalue weighted by molar-refractivity contribution is 5.86. The molecule has 1 heterocycles. The Morgan fingerprint density at radius 2 is 1.42 bits per heavy atom. The summed E-state index contributed by atoms with van der Waals surface area (Å²) in [5.41, 5.74) is 4.86. The van der Waals surface area contributed by atoms with E-state index in [1.165, 1.54) is 16.8 Å². The lowest BCUT2D eigenvalue weighted by molar-refractivity contribution is 0.718. The van der Waals surface area contributed by atoms with Gasteiger partial charge in [-0.25, -0.2) is 0 Å². The first-order valence-corrected chi connectivity index (χ1v) is 9.89. The van der Waals surface area contributed by atoms with Crippen LogP contribution in [0.3, 0.4) is 0 Å². The Morgan fingerprint density at radius 1 is 0.808 bits per heavy atom. The molecule has 0 bridgehead atoms. The number of pyridine rings is 1. The molecule has 0 aliphatic heterocycles. The van der Waals surface area contributed by atoms with Crippen LogP contribution in [0.5, 0.6) is 0 Å². The zero-order valence-corrected chi connectivity index (χ0v) is 16.2. The minimum Gasteiger partial charge on any atom is -0.280 e. The normalized spacial score (nSPS) is 11.2. The molecular weight excluding hydrogens is 318 g/mol. The standard InChI is InChI=1S/C24H29NO/c1-4-6-10-21-20-11-8-9-12-22(20)24(26)25(23(21)13-7-5-2)19-16-14-18(3)15-17-19/h8-9,11-12,14-17H,4-7,10,13H2,1-3H3. The van der Waals surface area contributed by atoms with Crippen molar-refractivity contribution in [3.8, 4) is 5.69 Å². The van der Waals surface area contributed by atoms with E-state index < -0.39 is 0 Å². The second-order valence-corrected chi connectivity index (χ2v) is 7.15. The maximum absolute atomic E-state index is 13.4. The number of fused-ring (bicyclic) bond motifs is 1. The zero-order valence-electron chi connectivity index (χ0n) is 16.2. The molecule has 3 aromatic rings. The summed E-state index contributed by atoms with van der Waals surface area (Å²) in [4.78, 5) is 13.4. The van der Waals surface area contributed by atoms with Gasteiger partial charge in [0, 0.05) is 16.8 Å². The average Bonchev–Trinajstić information content (AvgIpc) is 2.67. The van der Waals surface area contributed by atoms with E-state index in [0.717, 1.165) is 55.0 Å². The molecule has 26 heavy (non-hydrogen) atoms. The van der Waals surface area contributed by atoms with E-state index in [-0.39, 0.29) is 5.56 Å². The largest absolute Gasteiger partial charge is 0.280 e. The Morgan fingerprint density at radius 3 is 2.08 bits per heavy atom. The highest BCUT2D eigenvalue weighted by atomic mass is 16.1. The minimum atomic E-state index is 0.107. The SMILES string of the molecule is CCCCc1c(CCCC)n(-c2ccc(C)cc2)c(=O)c2ccccc12. The molecule has 0 aliphatic carbocycles. The predicted octanol–water partition coefficient (Wildman–Crippen LogP) is 5.98. The summed E-state index contributed by atoms with van der Waals surface area (Å²) < 4.78 is 1.97. The van der Waals surface area contributed by atoms with Crippen molar-refractivity contribution in [2.45, 2.75) is 59.3 Å². The Labute approximate surface area is 156 Å². The summed E-state index contributed by atoms with van der Waals surface area (Å²) in [6.45, 7) is 6.52. The van der Waals surface area contributed by atoms with Crippen LogP contribution in [0.1, 0.15) is 56.4 Å². The second-order valence-electron chi connectivity index (χ2n) is 7.15. The van der Waals surface area contributed by atoms with Crippen molar-refractivity contribution in [3.63, 3.8) is 0 Å². The lowest BCUT2D eigenvalue weighted by atomic mass is 9.96. The fourth-order valence-electron chi connectivity index (χ4n) is 3.67. The van der Waals surface area contributed by atoms with Crippen molar-refractivity contribution in [1.29, 1.82) is 0 Å². The molecule has 1 aromatic heterocycles. The van der Waals surface area contributed by atoms with Crippen LogP contribution in [-0.2, 0) is 12.8 Å². The molecule has 0 N–H and O–H groups in total. The molecule has 0 radical (unpaired) electrons. The fourth-order valence-corrected chi connectivity index (χ4v) is 3.67. The Kier molecular flexibility index (Phi) is 5.92. The maximum atomic E-state index is 13.4. The van der Waals surface area contributed by atoms with Crippen LogP contribution in [0.15, 0.2) is 53.3 Å². The number of aryl methyl sites for hydroxylation is 2. The summed E-state index contributed by atoms with van der Waals surface area (Å²) >= 11 is 0. The summed E-state index contributed by atoms with van der Waals surface area (Å²) in [7, 11) is 0. The number of hydrogen-bond acceptors (Lipinski definition) is 1. The van der Waals surface area contributed by atoms with Crippen LogP contribution in [0.2, 0.25) is 0 Å². The third kappa shape index (κ3) is 3.60. The number of aromatic nitrogens is 1. The van der Waals surface area contributed by atoms with Crippen molar-refractivity contribution >= 4 is 10.8 Å². The third-order valence-electron chi connectivity index (χ3n) is 5.14. The first kappa shape index (κ1) is 18.4. The lowest BCUT2D eigenvalue weighted by Gasteiger charge is -2.20. The molecule has 2 heteroatoms. The summed E-state index contributed by atoms with van der Waals surface area (Å²) in [6.07, 6.45) is 6.51. The van der Waals surface area contributed by atoms with Gasteiger partial charge in [0.2, 0.25) is 0 Å². The number of nitrogens with zero attached hydrogens (tertiary/aromatic N) is 1. The van der Waals surface area contributed by atoms with Crippen LogP contribution in [-0.4, -0.2) is 4.57 Å². The van der Waals surface area contributed by atoms with Gasteiger partial charge in [-0.3, -0.25) is 9.36 Å². The number of benzene rings is 2. The quantitative estimate of drug-likeness (QED) is 0.515. The van der Waals surface area contributed by atoms with Gasteiger partial charge in [0.05, 0.1) is 0 Å². The fraction of sp³-hybridized carbons (Fsp3) is 0.375. The van der Waals surface area contributed by atoms with E-state index in [4.69, 9.17) is 0 Å². The maximum Gasteiger partial charge on any atom is 0.263 e. The first-order chi connectivity index (χ1) is 12.7. The molecular formula is C24H29NO. The van der Waals surface area contributed by atoms with Gasteiger partial charge in [0.1, 0.15) is 0 Å². The average molecular weight is 348 g/mol. The van der Waals surface area contributed by atoms with E-state index in [0.29, 0.717) is 0 Å². The van der Waals surface area contributed by atoms with Gasteiger partial charge in [0.15, 0.2) is 0 Å². The molecule has 3 rings (SSSR count). The highest BCUT2D eigenvalue weighted by Crippen LogP contribution is 2.25. The van der Waals surface area contributed by atoms with Crippen LogP contribution in [0, 0.1) is 6.92 Å². The van der Waals surface area contributed by atoms with E-state index in [1.807, 2.05) is 16.7 Å². The van der Waals surface area contributed by atoms with E-state index >= 15 is 0 Å². The van der Waals surface area contributed by atoms with Gasteiger partial charge in [-0.15, -0.1) is 0 Å². The van der Waals surface area contributed by atoms with Crippen LogP contribution in [0.4, 0.5) is 0 Å². The zero-order chi connectivity index (χ0) is 18.5. The van der Waals surface area contributed by atoms with Gasteiger partial charge >= 0.3 is 0 Å². The van der Waals surface area contributed by atoms with Gasteiger partial charge in [-0.1, -0.05) is 62.6 Å². The molecule has 0 spiro atoms. The lowest BCUT2D eigenvalue weighted by Crippen LogP contribution is -2.24. The molecule has 2 nitrogen and oxygen atoms in total. The monoisotopic (exact) mass is 347 g/mol. The Hall–Kier alpha value is -2.35. The highest BCUT2D eigenvalue weighted by Gasteiger charge is 2.17. The van der Waals surface area contributed by atoms with Gasteiger partial charge in [-0.2, -0.15) is 0 Å². The Bertz CT molecular complexity index is 935. The van der Waals surface area contributed by atoms with Crippen LogP contribution < -0.4 is 5.56 Å². The van der Waals surface area contributed by atoms with Crippen LogP contribution in [0.25, 0.3) is 16.5 Å². The van der Waals surface area contributed by atoms with E-state index in [1.54, 1.807) is 0 Å². The minimum absolute atomic E-state index is 0.107. The van der Waals surface area contributed by atoms with Crippen molar-refractivity contribution in [2.75, 3.05) is 0 Å². The molecule has 0 fully saturated rings. The van der Waals surface area contributed by atoms with Crippen molar-refractivity contribution in [3.05, 3.63) is 75.7 Å². The third-order valence-corrected chi connectivity index (χ3v) is 5.14. The molecule has 0 saturated carbocycles. The van der Waals surface area contributed by atoms with Crippen molar-refractivity contribution in [1.82, 2.24) is 4.57 Å². The summed E-state index contributed by atoms with van der Waals surface area (Å²) in [5, 5.41) is 1.97. The van der Waals surface area contributed by atoms with E-state index in [2.05, 4.69) is 57.2 Å². The number of hydrogen-bond donors (Lipinski definition) is 0. The number of rotatable bonds is 7. The second kappa shape index (κ2) is 8.35. The topological polar surface area (TPSA) is 22.0 Å². The van der Waals surface area contributed by atoms with Gasteiger partial charge in [-0.05, 0) is 61.8 Å². The van der Waals surface area contributed by atoms with Crippen molar-refractivity contribution in [2.24, 2.45) is 0 Å². The molecule has 0 saturated heterocycles. The Balaban J connectivity index is 2.34. The molecule has 2 aromatic carbocycles. The first-order valence-electron chi connectivity index (χ1n) is 9.89. The van der Waals surface area contributed by atoms with Gasteiger partial charge in [0.25, 0.3) is 5.56 Å².